The molecule has 1 aliphatic heterocycles. The predicted octanol–water partition coefficient (Wildman–Crippen LogP) is -0.506. The molecule has 0 aromatic rings. The summed E-state index contributed by atoms with van der Waals surface area (Å²) in [6.45, 7) is 2.29. The van der Waals surface area contributed by atoms with Crippen molar-refractivity contribution >= 4 is 15.0 Å². The van der Waals surface area contributed by atoms with Crippen molar-refractivity contribution in [3.63, 3.8) is 0 Å². The van der Waals surface area contributed by atoms with Crippen molar-refractivity contribution in [2.24, 2.45) is 0 Å². The average molecular weight is 175 g/mol. The second kappa shape index (κ2) is 3.18. The Bertz CT molecular complexity index is 174. The highest BCUT2D eigenvalue weighted by molar-refractivity contribution is 7.17. The lowest BCUT2D eigenvalue weighted by molar-refractivity contribution is -0.123. The summed E-state index contributed by atoms with van der Waals surface area (Å²) in [6.07, 6.45) is -0.512. The molecule has 0 saturated carbocycles. The number of likely N-dealkylation sites (N-methyl/N-ethyl adjacent to an activating group) is 1. The molecule has 4 unspecified atom stereocenters. The fourth-order valence-electron chi connectivity index (χ4n) is 1.60. The van der Waals surface area contributed by atoms with Gasteiger partial charge in [-0.3, -0.25) is 9.69 Å². The molecule has 1 fully saturated rings. The van der Waals surface area contributed by atoms with E-state index in [0.717, 1.165) is 6.54 Å². The number of aliphatic hydroxyl groups is 1. The first-order chi connectivity index (χ1) is 5.04. The van der Waals surface area contributed by atoms with Crippen LogP contribution in [0.1, 0.15) is 6.92 Å². The molecule has 4 atom stereocenters. The van der Waals surface area contributed by atoms with E-state index in [2.05, 4.69) is 9.24 Å². The number of hydrogen-bond acceptors (Lipinski definition) is 3. The Balaban J connectivity index is 2.71. The van der Waals surface area contributed by atoms with Crippen molar-refractivity contribution in [1.82, 2.24) is 4.90 Å². The van der Waals surface area contributed by atoms with Crippen LogP contribution in [0.5, 0.6) is 0 Å². The third-order valence-corrected chi connectivity index (χ3v) is 2.76. The maximum Gasteiger partial charge on any atom is 0.149 e. The minimum absolute atomic E-state index is 0.0463. The summed E-state index contributed by atoms with van der Waals surface area (Å²) in [5.74, 6) is 0.0463. The number of carbonyl (C=O) groups excluding carboxylic acids is 1. The Hall–Kier alpha value is 0.0200. The first kappa shape index (κ1) is 9.11. The van der Waals surface area contributed by atoms with E-state index in [4.69, 9.17) is 0 Å². The number of Topliss-reactive ketones (excluding diaryl/α,β-unsaturated/α-hetero) is 1. The Morgan fingerprint density at radius 2 is 2.27 bits per heavy atom. The first-order valence-electron chi connectivity index (χ1n) is 3.68. The average Bonchev–Trinajstić information content (AvgIpc) is 2.07. The highest BCUT2D eigenvalue weighted by Crippen LogP contribution is 2.22. The van der Waals surface area contributed by atoms with Crippen molar-refractivity contribution in [1.29, 1.82) is 0 Å². The molecule has 0 aliphatic carbocycles. The summed E-state index contributed by atoms with van der Waals surface area (Å²) in [5, 5.41) is 9.51. The first-order valence-corrected chi connectivity index (χ1v) is 4.35. The van der Waals surface area contributed by atoms with Gasteiger partial charge in [-0.25, -0.2) is 0 Å². The van der Waals surface area contributed by atoms with E-state index < -0.39 is 6.10 Å². The van der Waals surface area contributed by atoms with Crippen molar-refractivity contribution in [2.45, 2.75) is 24.7 Å². The molecule has 0 aromatic heterocycles. The van der Waals surface area contributed by atoms with Crippen LogP contribution in [-0.2, 0) is 4.79 Å². The van der Waals surface area contributed by atoms with Gasteiger partial charge in [0.2, 0.25) is 0 Å². The minimum atomic E-state index is -0.512. The van der Waals surface area contributed by atoms with Crippen LogP contribution in [0, 0.1) is 0 Å². The van der Waals surface area contributed by atoms with Gasteiger partial charge in [-0.15, -0.1) is 9.24 Å². The molecule has 3 nitrogen and oxygen atoms in total. The molecular formula is C7H14NO2P. The second-order valence-corrected chi connectivity index (χ2v) is 4.01. The lowest BCUT2D eigenvalue weighted by Crippen LogP contribution is -2.39. The molecule has 0 radical (unpaired) electrons. The number of hydrogen-bond donors (Lipinski definition) is 1. The highest BCUT2D eigenvalue weighted by Gasteiger charge is 2.38. The Morgan fingerprint density at radius 3 is 2.45 bits per heavy atom. The fourth-order valence-corrected chi connectivity index (χ4v) is 2.14. The Morgan fingerprint density at radius 1 is 1.73 bits per heavy atom. The van der Waals surface area contributed by atoms with Gasteiger partial charge in [0.1, 0.15) is 5.78 Å². The highest BCUT2D eigenvalue weighted by atomic mass is 31.0. The van der Waals surface area contributed by atoms with E-state index in [1.165, 1.54) is 6.92 Å². The molecular weight excluding hydrogens is 161 g/mol. The second-order valence-electron chi connectivity index (χ2n) is 3.15. The van der Waals surface area contributed by atoms with Gasteiger partial charge >= 0.3 is 0 Å². The van der Waals surface area contributed by atoms with E-state index in [9.17, 15) is 9.90 Å². The molecule has 11 heavy (non-hydrogen) atoms. The number of likely N-dealkylation sites (tertiary alicyclic amines) is 1. The number of rotatable bonds is 1. The summed E-state index contributed by atoms with van der Waals surface area (Å²) in [4.78, 5) is 12.9. The molecule has 4 heteroatoms. The molecule has 64 valence electrons. The van der Waals surface area contributed by atoms with Crippen LogP contribution >= 0.6 is 9.24 Å². The van der Waals surface area contributed by atoms with Gasteiger partial charge in [0.25, 0.3) is 0 Å². The summed E-state index contributed by atoms with van der Waals surface area (Å²) in [6, 6.07) is -0.294. The normalized spacial score (nSPS) is 39.5. The number of ketones is 1. The summed E-state index contributed by atoms with van der Waals surface area (Å²) < 4.78 is 0. The third kappa shape index (κ3) is 1.61. The maximum atomic E-state index is 11.0. The van der Waals surface area contributed by atoms with Crippen molar-refractivity contribution in [3.8, 4) is 0 Å². The molecule has 1 heterocycles. The van der Waals surface area contributed by atoms with E-state index in [0.29, 0.717) is 0 Å². The van der Waals surface area contributed by atoms with Crippen LogP contribution in [0.15, 0.2) is 0 Å². The van der Waals surface area contributed by atoms with Crippen molar-refractivity contribution in [3.05, 3.63) is 0 Å². The standard InChI is InChI=1S/C7H14NO2P/c1-4(9)6-7(10)5(11)3-8(6)2/h5-7,10H,3,11H2,1-2H3. The molecule has 1 aliphatic rings. The molecule has 0 aromatic carbocycles. The van der Waals surface area contributed by atoms with Gasteiger partial charge in [0, 0.05) is 12.2 Å². The maximum absolute atomic E-state index is 11.0. The smallest absolute Gasteiger partial charge is 0.149 e. The molecule has 0 spiro atoms. The van der Waals surface area contributed by atoms with E-state index in [1.807, 2.05) is 11.9 Å². The van der Waals surface area contributed by atoms with Crippen LogP contribution in [0.2, 0.25) is 0 Å². The van der Waals surface area contributed by atoms with Gasteiger partial charge in [-0.1, -0.05) is 0 Å². The third-order valence-electron chi connectivity index (χ3n) is 2.15. The fraction of sp³-hybridized carbons (Fsp3) is 0.857. The Labute approximate surface area is 69.0 Å². The zero-order valence-electron chi connectivity index (χ0n) is 6.82. The quantitative estimate of drug-likeness (QED) is 0.546. The molecule has 0 amide bonds. The van der Waals surface area contributed by atoms with Crippen LogP contribution in [0.25, 0.3) is 0 Å². The molecule has 1 rings (SSSR count). The number of aliphatic hydroxyl groups excluding tert-OH is 1. The topological polar surface area (TPSA) is 40.5 Å². The van der Waals surface area contributed by atoms with E-state index in [1.54, 1.807) is 0 Å². The number of nitrogens with zero attached hydrogens (tertiary/aromatic N) is 1. The molecule has 0 bridgehead atoms. The zero-order chi connectivity index (χ0) is 8.59. The lowest BCUT2D eigenvalue weighted by atomic mass is 10.1. The summed E-state index contributed by atoms with van der Waals surface area (Å²) in [5.41, 5.74) is 0.133. The van der Waals surface area contributed by atoms with E-state index in [-0.39, 0.29) is 17.5 Å². The lowest BCUT2D eigenvalue weighted by Gasteiger charge is -2.18. The van der Waals surface area contributed by atoms with Gasteiger partial charge in [0.15, 0.2) is 0 Å². The van der Waals surface area contributed by atoms with Crippen molar-refractivity contribution < 1.29 is 9.90 Å². The van der Waals surface area contributed by atoms with Crippen LogP contribution in [-0.4, -0.2) is 47.2 Å². The molecule has 1 saturated heterocycles. The summed E-state index contributed by atoms with van der Waals surface area (Å²) >= 11 is 0. The van der Waals surface area contributed by atoms with Gasteiger partial charge < -0.3 is 5.11 Å². The summed E-state index contributed by atoms with van der Waals surface area (Å²) in [7, 11) is 4.42. The van der Waals surface area contributed by atoms with Crippen molar-refractivity contribution in [2.75, 3.05) is 13.6 Å². The van der Waals surface area contributed by atoms with Crippen LogP contribution in [0.4, 0.5) is 0 Å². The van der Waals surface area contributed by atoms with Crippen LogP contribution < -0.4 is 0 Å². The number of carbonyl (C=O) groups is 1. The van der Waals surface area contributed by atoms with E-state index >= 15 is 0 Å². The predicted molar refractivity (Wildman–Crippen MR) is 46.6 cm³/mol. The van der Waals surface area contributed by atoms with Gasteiger partial charge in [-0.2, -0.15) is 0 Å². The van der Waals surface area contributed by atoms with Gasteiger partial charge in [-0.05, 0) is 14.0 Å². The molecule has 1 N–H and O–H groups in total. The Kier molecular flexibility index (Phi) is 2.63. The SMILES string of the molecule is CC(=O)C1C(O)C(P)CN1C. The minimum Gasteiger partial charge on any atom is -0.390 e. The van der Waals surface area contributed by atoms with Crippen LogP contribution in [0.3, 0.4) is 0 Å². The zero-order valence-corrected chi connectivity index (χ0v) is 7.97. The largest absolute Gasteiger partial charge is 0.390 e. The van der Waals surface area contributed by atoms with Gasteiger partial charge in [0.05, 0.1) is 12.1 Å². The monoisotopic (exact) mass is 175 g/mol.